The van der Waals surface area contributed by atoms with Crippen molar-refractivity contribution in [2.24, 2.45) is 0 Å². The van der Waals surface area contributed by atoms with Crippen molar-refractivity contribution in [3.63, 3.8) is 0 Å². The summed E-state index contributed by atoms with van der Waals surface area (Å²) in [7, 11) is 0. The van der Waals surface area contributed by atoms with Crippen LogP contribution in [0, 0.1) is 0 Å². The normalized spacial score (nSPS) is 15.0. The fraction of sp³-hybridized carbons (Fsp3) is 0.364. The van der Waals surface area contributed by atoms with E-state index in [1.54, 1.807) is 12.1 Å². The number of benzene rings is 1. The van der Waals surface area contributed by atoms with Gasteiger partial charge < -0.3 is 10.6 Å². The van der Waals surface area contributed by atoms with Gasteiger partial charge in [0.05, 0.1) is 17.3 Å². The van der Waals surface area contributed by atoms with Crippen LogP contribution in [0.5, 0.6) is 0 Å². The Hall–Kier alpha value is -1.06. The summed E-state index contributed by atoms with van der Waals surface area (Å²) in [5.41, 5.74) is 0.668. The maximum Gasteiger partial charge on any atom is 0.238 e. The van der Waals surface area contributed by atoms with Gasteiger partial charge in [0.25, 0.3) is 0 Å². The van der Waals surface area contributed by atoms with Crippen molar-refractivity contribution in [3.05, 3.63) is 29.3 Å². The SMILES string of the molecule is O=C(CNC1CC1)Nc1ccccc1Cl. The fourth-order valence-electron chi connectivity index (χ4n) is 1.28. The molecule has 4 heteroatoms. The van der Waals surface area contributed by atoms with Crippen molar-refractivity contribution in [1.29, 1.82) is 0 Å². The van der Waals surface area contributed by atoms with Crippen LogP contribution in [0.4, 0.5) is 5.69 Å². The monoisotopic (exact) mass is 224 g/mol. The fourth-order valence-corrected chi connectivity index (χ4v) is 1.46. The highest BCUT2D eigenvalue weighted by Gasteiger charge is 2.21. The molecule has 1 aromatic rings. The molecule has 15 heavy (non-hydrogen) atoms. The largest absolute Gasteiger partial charge is 0.324 e. The number of carbonyl (C=O) groups excluding carboxylic acids is 1. The lowest BCUT2D eigenvalue weighted by Gasteiger charge is -2.07. The smallest absolute Gasteiger partial charge is 0.238 e. The minimum atomic E-state index is -0.0463. The first-order chi connectivity index (χ1) is 7.25. The Balaban J connectivity index is 1.84. The number of amides is 1. The van der Waals surface area contributed by atoms with Crippen molar-refractivity contribution in [3.8, 4) is 0 Å². The third kappa shape index (κ3) is 3.22. The van der Waals surface area contributed by atoms with Crippen molar-refractivity contribution < 1.29 is 4.79 Å². The molecule has 80 valence electrons. The standard InChI is InChI=1S/C11H13ClN2O/c12-9-3-1-2-4-10(9)14-11(15)7-13-8-5-6-8/h1-4,8,13H,5-7H2,(H,14,15). The van der Waals surface area contributed by atoms with Gasteiger partial charge >= 0.3 is 0 Å². The van der Waals surface area contributed by atoms with Crippen LogP contribution in [0.15, 0.2) is 24.3 Å². The Morgan fingerprint density at radius 3 is 2.80 bits per heavy atom. The van der Waals surface area contributed by atoms with Gasteiger partial charge in [-0.3, -0.25) is 4.79 Å². The Labute approximate surface area is 93.8 Å². The van der Waals surface area contributed by atoms with Crippen LogP contribution < -0.4 is 10.6 Å². The van der Waals surface area contributed by atoms with Gasteiger partial charge in [0, 0.05) is 6.04 Å². The van der Waals surface area contributed by atoms with E-state index in [1.165, 1.54) is 12.8 Å². The van der Waals surface area contributed by atoms with Crippen LogP contribution in [0.25, 0.3) is 0 Å². The van der Waals surface area contributed by atoms with Crippen LogP contribution >= 0.6 is 11.6 Å². The molecule has 0 spiro atoms. The van der Waals surface area contributed by atoms with E-state index in [9.17, 15) is 4.79 Å². The molecule has 2 N–H and O–H groups in total. The van der Waals surface area contributed by atoms with E-state index in [-0.39, 0.29) is 5.91 Å². The maximum atomic E-state index is 11.5. The Bertz CT molecular complexity index is 363. The first-order valence-electron chi connectivity index (χ1n) is 5.03. The van der Waals surface area contributed by atoms with Crippen molar-refractivity contribution in [2.75, 3.05) is 11.9 Å². The summed E-state index contributed by atoms with van der Waals surface area (Å²) < 4.78 is 0. The number of hydrogen-bond acceptors (Lipinski definition) is 2. The predicted molar refractivity (Wildman–Crippen MR) is 61.1 cm³/mol. The molecule has 0 aromatic heterocycles. The van der Waals surface area contributed by atoms with Crippen LogP contribution in [0.2, 0.25) is 5.02 Å². The van der Waals surface area contributed by atoms with Crippen LogP contribution in [-0.4, -0.2) is 18.5 Å². The van der Waals surface area contributed by atoms with Crippen molar-refractivity contribution in [2.45, 2.75) is 18.9 Å². The average Bonchev–Trinajstić information content (AvgIpc) is 3.02. The number of halogens is 1. The molecule has 0 radical (unpaired) electrons. The van der Waals surface area contributed by atoms with E-state index < -0.39 is 0 Å². The zero-order chi connectivity index (χ0) is 10.7. The predicted octanol–water partition coefficient (Wildman–Crippen LogP) is 2.03. The Morgan fingerprint density at radius 1 is 1.40 bits per heavy atom. The summed E-state index contributed by atoms with van der Waals surface area (Å²) in [5.74, 6) is -0.0463. The van der Waals surface area contributed by atoms with E-state index in [0.717, 1.165) is 0 Å². The van der Waals surface area contributed by atoms with Gasteiger partial charge in [-0.05, 0) is 25.0 Å². The second-order valence-electron chi connectivity index (χ2n) is 3.68. The van der Waals surface area contributed by atoms with Crippen LogP contribution in [0.1, 0.15) is 12.8 Å². The first-order valence-corrected chi connectivity index (χ1v) is 5.41. The summed E-state index contributed by atoms with van der Waals surface area (Å²) in [6.45, 7) is 0.357. The second-order valence-corrected chi connectivity index (χ2v) is 4.09. The third-order valence-electron chi connectivity index (χ3n) is 2.28. The summed E-state index contributed by atoms with van der Waals surface area (Å²) in [4.78, 5) is 11.5. The molecule has 1 aromatic carbocycles. The third-order valence-corrected chi connectivity index (χ3v) is 2.61. The lowest BCUT2D eigenvalue weighted by atomic mass is 10.3. The van der Waals surface area contributed by atoms with E-state index >= 15 is 0 Å². The molecule has 1 saturated carbocycles. The number of nitrogens with one attached hydrogen (secondary N) is 2. The maximum absolute atomic E-state index is 11.5. The van der Waals surface area contributed by atoms with Crippen molar-refractivity contribution in [1.82, 2.24) is 5.32 Å². The van der Waals surface area contributed by atoms with E-state index in [2.05, 4.69) is 10.6 Å². The molecule has 0 saturated heterocycles. The highest BCUT2D eigenvalue weighted by Crippen LogP contribution is 2.20. The van der Waals surface area contributed by atoms with Gasteiger partial charge in [0.2, 0.25) is 5.91 Å². The molecule has 0 bridgehead atoms. The van der Waals surface area contributed by atoms with Crippen molar-refractivity contribution >= 4 is 23.2 Å². The summed E-state index contributed by atoms with van der Waals surface area (Å²) >= 11 is 5.91. The van der Waals surface area contributed by atoms with E-state index in [4.69, 9.17) is 11.6 Å². The quantitative estimate of drug-likeness (QED) is 0.822. The molecule has 1 fully saturated rings. The van der Waals surface area contributed by atoms with Gasteiger partial charge in [-0.15, -0.1) is 0 Å². The number of para-hydroxylation sites is 1. The minimum absolute atomic E-state index is 0.0463. The molecule has 0 aliphatic heterocycles. The zero-order valence-corrected chi connectivity index (χ0v) is 9.05. The van der Waals surface area contributed by atoms with Crippen LogP contribution in [0.3, 0.4) is 0 Å². The van der Waals surface area contributed by atoms with E-state index in [1.807, 2.05) is 12.1 Å². The average molecular weight is 225 g/mol. The lowest BCUT2D eigenvalue weighted by Crippen LogP contribution is -2.29. The van der Waals surface area contributed by atoms with Gasteiger partial charge in [-0.25, -0.2) is 0 Å². The van der Waals surface area contributed by atoms with Crippen LogP contribution in [-0.2, 0) is 4.79 Å². The molecule has 1 aliphatic carbocycles. The first kappa shape index (κ1) is 10.5. The number of anilines is 1. The van der Waals surface area contributed by atoms with Gasteiger partial charge in [-0.1, -0.05) is 23.7 Å². The Morgan fingerprint density at radius 2 is 2.13 bits per heavy atom. The molecular weight excluding hydrogens is 212 g/mol. The molecule has 0 atom stereocenters. The topological polar surface area (TPSA) is 41.1 Å². The highest BCUT2D eigenvalue weighted by molar-refractivity contribution is 6.33. The number of carbonyl (C=O) groups is 1. The lowest BCUT2D eigenvalue weighted by molar-refractivity contribution is -0.115. The van der Waals surface area contributed by atoms with E-state index in [0.29, 0.717) is 23.3 Å². The highest BCUT2D eigenvalue weighted by atomic mass is 35.5. The summed E-state index contributed by atoms with van der Waals surface area (Å²) in [5, 5.41) is 6.47. The Kier molecular flexibility index (Phi) is 3.23. The minimum Gasteiger partial charge on any atom is -0.324 e. The molecule has 3 nitrogen and oxygen atoms in total. The summed E-state index contributed by atoms with van der Waals surface area (Å²) in [6, 6.07) is 7.76. The molecule has 2 rings (SSSR count). The number of rotatable bonds is 4. The molecule has 1 amide bonds. The molecular formula is C11H13ClN2O. The number of hydrogen-bond donors (Lipinski definition) is 2. The van der Waals surface area contributed by atoms with Gasteiger partial charge in [0.15, 0.2) is 0 Å². The molecule has 0 heterocycles. The molecule has 1 aliphatic rings. The zero-order valence-electron chi connectivity index (χ0n) is 8.29. The van der Waals surface area contributed by atoms with Gasteiger partial charge in [0.1, 0.15) is 0 Å². The second kappa shape index (κ2) is 4.64. The summed E-state index contributed by atoms with van der Waals surface area (Å²) in [6.07, 6.45) is 2.36. The molecule has 0 unspecified atom stereocenters. The van der Waals surface area contributed by atoms with Gasteiger partial charge in [-0.2, -0.15) is 0 Å².